The number of aromatic nitrogens is 3. The molecule has 1 aliphatic rings. The van der Waals surface area contributed by atoms with E-state index in [1.165, 1.54) is 23.5 Å². The number of benzene rings is 1. The van der Waals surface area contributed by atoms with Gasteiger partial charge in [-0.15, -0.1) is 23.7 Å². The Labute approximate surface area is 214 Å². The van der Waals surface area contributed by atoms with Crippen LogP contribution in [-0.4, -0.2) is 69.4 Å². The SMILES string of the molecule is CCOC(=O)N1CCN(C(=O)Cc2csc(-n3nc(C)c(Cc4cccc(F)c4)c3C)n2)CC1.Cl. The van der Waals surface area contributed by atoms with Gasteiger partial charge in [-0.25, -0.2) is 18.9 Å². The Kier molecular flexibility index (Phi) is 8.85. The Bertz CT molecular complexity index is 1190. The largest absolute Gasteiger partial charge is 0.450 e. The van der Waals surface area contributed by atoms with Gasteiger partial charge >= 0.3 is 6.09 Å². The van der Waals surface area contributed by atoms with Crippen LogP contribution in [0.25, 0.3) is 5.13 Å². The number of hydrogen-bond donors (Lipinski definition) is 0. The number of ether oxygens (including phenoxy) is 1. The standard InChI is InChI=1S/C24H28FN5O3S.ClH/c1-4-33-24(32)29-10-8-28(9-11-29)22(31)14-20-15-34-23(26-20)30-17(3)21(16(2)27-30)13-18-6-5-7-19(25)12-18;/h5-7,12,15H,4,8-11,13-14H2,1-3H3;1H. The first-order valence-corrected chi connectivity index (χ1v) is 12.2. The highest BCUT2D eigenvalue weighted by Gasteiger charge is 2.25. The normalized spacial score (nSPS) is 13.5. The van der Waals surface area contributed by atoms with Crippen molar-refractivity contribution in [2.75, 3.05) is 32.8 Å². The van der Waals surface area contributed by atoms with Crippen LogP contribution in [0.1, 0.15) is 35.1 Å². The average Bonchev–Trinajstić information content (AvgIpc) is 3.39. The van der Waals surface area contributed by atoms with Crippen LogP contribution in [0.3, 0.4) is 0 Å². The molecular weight excluding hydrogens is 493 g/mol. The number of aryl methyl sites for hydroxylation is 1. The fourth-order valence-corrected chi connectivity index (χ4v) is 4.89. The van der Waals surface area contributed by atoms with Crippen molar-refractivity contribution in [3.63, 3.8) is 0 Å². The zero-order valence-electron chi connectivity index (χ0n) is 20.0. The molecule has 0 spiro atoms. The van der Waals surface area contributed by atoms with Crippen LogP contribution < -0.4 is 0 Å². The number of piperazine rings is 1. The highest BCUT2D eigenvalue weighted by molar-refractivity contribution is 7.12. The predicted octanol–water partition coefficient (Wildman–Crippen LogP) is 3.94. The highest BCUT2D eigenvalue weighted by atomic mass is 35.5. The molecule has 3 aromatic rings. The van der Waals surface area contributed by atoms with Crippen molar-refractivity contribution >= 4 is 35.7 Å². The lowest BCUT2D eigenvalue weighted by Gasteiger charge is -2.34. The van der Waals surface area contributed by atoms with E-state index in [4.69, 9.17) is 4.74 Å². The molecule has 8 nitrogen and oxygen atoms in total. The van der Waals surface area contributed by atoms with Crippen LogP contribution in [0.2, 0.25) is 0 Å². The number of rotatable bonds is 6. The zero-order chi connectivity index (χ0) is 24.2. The molecule has 0 unspecified atom stereocenters. The number of thiazole rings is 1. The molecule has 188 valence electrons. The van der Waals surface area contributed by atoms with E-state index in [-0.39, 0.29) is 36.6 Å². The molecule has 1 aliphatic heterocycles. The first-order chi connectivity index (χ1) is 16.4. The quantitative estimate of drug-likeness (QED) is 0.491. The number of carbonyl (C=O) groups is 2. The second kappa shape index (κ2) is 11.6. The molecule has 2 amide bonds. The van der Waals surface area contributed by atoms with Gasteiger partial charge in [0.05, 0.1) is 24.4 Å². The highest BCUT2D eigenvalue weighted by Crippen LogP contribution is 2.24. The Morgan fingerprint density at radius 3 is 2.54 bits per heavy atom. The van der Waals surface area contributed by atoms with Gasteiger partial charge in [0.1, 0.15) is 5.82 Å². The van der Waals surface area contributed by atoms with E-state index in [1.54, 1.807) is 27.5 Å². The molecule has 2 aromatic heterocycles. The van der Waals surface area contributed by atoms with Crippen LogP contribution >= 0.6 is 23.7 Å². The molecule has 0 N–H and O–H groups in total. The monoisotopic (exact) mass is 521 g/mol. The number of carbonyl (C=O) groups excluding carboxylic acids is 2. The lowest BCUT2D eigenvalue weighted by atomic mass is 10.0. The predicted molar refractivity (Wildman–Crippen MR) is 134 cm³/mol. The number of hydrogen-bond acceptors (Lipinski definition) is 6. The summed E-state index contributed by atoms with van der Waals surface area (Å²) in [5.41, 5.74) is 4.44. The summed E-state index contributed by atoms with van der Waals surface area (Å²) in [6.07, 6.45) is 0.454. The zero-order valence-corrected chi connectivity index (χ0v) is 21.6. The third kappa shape index (κ3) is 6.18. The Balaban J connectivity index is 0.00000342. The molecule has 1 fully saturated rings. The molecule has 1 aromatic carbocycles. The van der Waals surface area contributed by atoms with E-state index in [9.17, 15) is 14.0 Å². The molecule has 0 aliphatic carbocycles. The minimum atomic E-state index is -0.333. The van der Waals surface area contributed by atoms with E-state index in [0.29, 0.717) is 50.0 Å². The minimum Gasteiger partial charge on any atom is -0.450 e. The van der Waals surface area contributed by atoms with Crippen molar-refractivity contribution in [1.82, 2.24) is 24.6 Å². The molecule has 1 saturated heterocycles. The molecular formula is C24H29ClFN5O3S. The summed E-state index contributed by atoms with van der Waals surface area (Å²) in [5.74, 6) is -0.266. The fraction of sp³-hybridized carbons (Fsp3) is 0.417. The van der Waals surface area contributed by atoms with Crippen molar-refractivity contribution in [3.05, 3.63) is 63.7 Å². The molecule has 11 heteroatoms. The number of amides is 2. The number of halogens is 2. The summed E-state index contributed by atoms with van der Waals surface area (Å²) in [4.78, 5) is 32.6. The van der Waals surface area contributed by atoms with Crippen LogP contribution in [0.4, 0.5) is 9.18 Å². The van der Waals surface area contributed by atoms with Gasteiger partial charge in [0.2, 0.25) is 11.0 Å². The van der Waals surface area contributed by atoms with Gasteiger partial charge in [-0.2, -0.15) is 5.10 Å². The van der Waals surface area contributed by atoms with Gasteiger partial charge in [0.25, 0.3) is 0 Å². The van der Waals surface area contributed by atoms with Crippen LogP contribution in [-0.2, 0) is 22.4 Å². The van der Waals surface area contributed by atoms with Gasteiger partial charge < -0.3 is 14.5 Å². The van der Waals surface area contributed by atoms with Gasteiger partial charge in [-0.05, 0) is 38.5 Å². The third-order valence-electron chi connectivity index (χ3n) is 5.92. The second-order valence-electron chi connectivity index (χ2n) is 8.23. The van der Waals surface area contributed by atoms with Gasteiger partial charge in [-0.1, -0.05) is 12.1 Å². The van der Waals surface area contributed by atoms with Gasteiger partial charge in [0, 0.05) is 49.2 Å². The molecule has 0 saturated carbocycles. The Morgan fingerprint density at radius 2 is 1.86 bits per heavy atom. The molecule has 0 atom stereocenters. The van der Waals surface area contributed by atoms with Crippen molar-refractivity contribution in [2.24, 2.45) is 0 Å². The fourth-order valence-electron chi connectivity index (χ4n) is 4.06. The summed E-state index contributed by atoms with van der Waals surface area (Å²) in [5, 5.41) is 7.22. The lowest BCUT2D eigenvalue weighted by molar-refractivity contribution is -0.132. The maximum absolute atomic E-state index is 13.6. The van der Waals surface area contributed by atoms with Gasteiger partial charge in [-0.3, -0.25) is 4.79 Å². The van der Waals surface area contributed by atoms with Crippen LogP contribution in [0, 0.1) is 19.7 Å². The molecule has 0 bridgehead atoms. The van der Waals surface area contributed by atoms with Crippen molar-refractivity contribution in [3.8, 4) is 5.13 Å². The van der Waals surface area contributed by atoms with E-state index in [2.05, 4.69) is 10.1 Å². The minimum absolute atomic E-state index is 0. The Hall–Kier alpha value is -2.98. The van der Waals surface area contributed by atoms with E-state index >= 15 is 0 Å². The summed E-state index contributed by atoms with van der Waals surface area (Å²) >= 11 is 1.44. The molecule has 0 radical (unpaired) electrons. The summed E-state index contributed by atoms with van der Waals surface area (Å²) < 4.78 is 20.4. The molecule has 35 heavy (non-hydrogen) atoms. The maximum atomic E-state index is 13.6. The van der Waals surface area contributed by atoms with E-state index < -0.39 is 0 Å². The van der Waals surface area contributed by atoms with Crippen LogP contribution in [0.15, 0.2) is 29.6 Å². The molecule has 3 heterocycles. The van der Waals surface area contributed by atoms with Gasteiger partial charge in [0.15, 0.2) is 0 Å². The summed E-state index contributed by atoms with van der Waals surface area (Å²) in [6.45, 7) is 7.92. The van der Waals surface area contributed by atoms with Crippen molar-refractivity contribution < 1.29 is 18.7 Å². The second-order valence-corrected chi connectivity index (χ2v) is 9.07. The third-order valence-corrected chi connectivity index (χ3v) is 6.79. The molecule has 4 rings (SSSR count). The summed E-state index contributed by atoms with van der Waals surface area (Å²) in [6, 6.07) is 6.58. The maximum Gasteiger partial charge on any atom is 0.409 e. The van der Waals surface area contributed by atoms with Crippen molar-refractivity contribution in [2.45, 2.75) is 33.6 Å². The summed E-state index contributed by atoms with van der Waals surface area (Å²) in [7, 11) is 0. The van der Waals surface area contributed by atoms with Crippen molar-refractivity contribution in [1.29, 1.82) is 0 Å². The van der Waals surface area contributed by atoms with E-state index in [1.807, 2.05) is 25.3 Å². The van der Waals surface area contributed by atoms with E-state index in [0.717, 1.165) is 22.5 Å². The lowest BCUT2D eigenvalue weighted by Crippen LogP contribution is -2.51. The average molecular weight is 522 g/mol. The first kappa shape index (κ1) is 26.6. The first-order valence-electron chi connectivity index (χ1n) is 11.3. The van der Waals surface area contributed by atoms with Crippen LogP contribution in [0.5, 0.6) is 0 Å². The number of nitrogens with zero attached hydrogens (tertiary/aromatic N) is 5. The Morgan fingerprint density at radius 1 is 1.14 bits per heavy atom. The smallest absolute Gasteiger partial charge is 0.409 e. The topological polar surface area (TPSA) is 80.6 Å².